The van der Waals surface area contributed by atoms with Crippen molar-refractivity contribution in [3.63, 3.8) is 0 Å². The molecule has 3 aromatic carbocycles. The van der Waals surface area contributed by atoms with Crippen molar-refractivity contribution in [2.75, 3.05) is 0 Å². The van der Waals surface area contributed by atoms with E-state index in [0.717, 1.165) is 34.3 Å². The minimum absolute atomic E-state index is 0.604. The number of nitrogens with zero attached hydrogens (tertiary/aromatic N) is 4. The summed E-state index contributed by atoms with van der Waals surface area (Å²) in [5.74, 6) is 0.701. The molecule has 5 heteroatoms. The standard InChI is InChI=1S/C24H17N5/c25-14-20-10-9-19(13-21(20)24-26-11-12-27-24)18-7-5-17(6-8-18)15-29-16-28-22-3-1-2-4-23(22)29/h1-13,16H,15H2,(H,26,27). The number of rotatable bonds is 4. The van der Waals surface area contributed by atoms with Crippen molar-refractivity contribution in [2.24, 2.45) is 0 Å². The predicted molar refractivity (Wildman–Crippen MR) is 113 cm³/mol. The molecule has 0 atom stereocenters. The van der Waals surface area contributed by atoms with Crippen LogP contribution in [-0.4, -0.2) is 19.5 Å². The number of hydrogen-bond acceptors (Lipinski definition) is 3. The molecule has 0 aliphatic carbocycles. The van der Waals surface area contributed by atoms with Crippen molar-refractivity contribution >= 4 is 11.0 Å². The van der Waals surface area contributed by atoms with Gasteiger partial charge in [-0.2, -0.15) is 5.26 Å². The summed E-state index contributed by atoms with van der Waals surface area (Å²) in [4.78, 5) is 11.8. The quantitative estimate of drug-likeness (QED) is 0.480. The summed E-state index contributed by atoms with van der Waals surface area (Å²) in [6.07, 6.45) is 5.34. The maximum Gasteiger partial charge on any atom is 0.138 e. The van der Waals surface area contributed by atoms with E-state index in [-0.39, 0.29) is 0 Å². The van der Waals surface area contributed by atoms with Gasteiger partial charge in [0.05, 0.1) is 29.0 Å². The van der Waals surface area contributed by atoms with Gasteiger partial charge in [0.25, 0.3) is 0 Å². The van der Waals surface area contributed by atoms with Crippen LogP contribution >= 0.6 is 0 Å². The van der Waals surface area contributed by atoms with Gasteiger partial charge in [-0.1, -0.05) is 42.5 Å². The number of aromatic nitrogens is 4. The minimum Gasteiger partial charge on any atom is -0.345 e. The summed E-state index contributed by atoms with van der Waals surface area (Å²) in [6, 6.07) is 24.7. The molecule has 5 rings (SSSR count). The lowest BCUT2D eigenvalue weighted by atomic mass is 9.98. The Bertz CT molecular complexity index is 1320. The first kappa shape index (κ1) is 17.0. The molecule has 138 valence electrons. The third kappa shape index (κ3) is 3.17. The topological polar surface area (TPSA) is 70.3 Å². The fraction of sp³-hybridized carbons (Fsp3) is 0.0417. The average Bonchev–Trinajstić information content (AvgIpc) is 3.45. The van der Waals surface area contributed by atoms with E-state index in [9.17, 15) is 5.26 Å². The van der Waals surface area contributed by atoms with Crippen LogP contribution in [0.25, 0.3) is 33.5 Å². The molecule has 1 N–H and O–H groups in total. The largest absolute Gasteiger partial charge is 0.345 e. The molecule has 0 unspecified atom stereocenters. The average molecular weight is 375 g/mol. The number of fused-ring (bicyclic) bond motifs is 1. The molecule has 0 radical (unpaired) electrons. The van der Waals surface area contributed by atoms with E-state index < -0.39 is 0 Å². The third-order valence-electron chi connectivity index (χ3n) is 5.06. The first-order chi connectivity index (χ1) is 14.3. The Kier molecular flexibility index (Phi) is 4.15. The Morgan fingerprint density at radius 3 is 2.55 bits per heavy atom. The predicted octanol–water partition coefficient (Wildman–Crippen LogP) is 5.01. The van der Waals surface area contributed by atoms with Crippen molar-refractivity contribution in [1.82, 2.24) is 19.5 Å². The fourth-order valence-electron chi connectivity index (χ4n) is 3.57. The van der Waals surface area contributed by atoms with Gasteiger partial charge in [0.15, 0.2) is 0 Å². The summed E-state index contributed by atoms with van der Waals surface area (Å²) in [5, 5.41) is 9.41. The van der Waals surface area contributed by atoms with Crippen LogP contribution in [0.15, 0.2) is 85.5 Å². The Balaban J connectivity index is 1.45. The van der Waals surface area contributed by atoms with E-state index in [4.69, 9.17) is 0 Å². The van der Waals surface area contributed by atoms with Crippen LogP contribution in [0.1, 0.15) is 11.1 Å². The van der Waals surface area contributed by atoms with Crippen LogP contribution in [0.4, 0.5) is 0 Å². The fourth-order valence-corrected chi connectivity index (χ4v) is 3.57. The first-order valence-corrected chi connectivity index (χ1v) is 9.35. The van der Waals surface area contributed by atoms with E-state index >= 15 is 0 Å². The zero-order chi connectivity index (χ0) is 19.6. The molecule has 0 bridgehead atoms. The lowest BCUT2D eigenvalue weighted by molar-refractivity contribution is 0.825. The second kappa shape index (κ2) is 7.10. The molecule has 0 aliphatic heterocycles. The summed E-state index contributed by atoms with van der Waals surface area (Å²) < 4.78 is 2.15. The van der Waals surface area contributed by atoms with Crippen molar-refractivity contribution < 1.29 is 0 Å². The zero-order valence-corrected chi connectivity index (χ0v) is 15.6. The normalized spacial score (nSPS) is 10.9. The van der Waals surface area contributed by atoms with E-state index in [1.54, 1.807) is 12.4 Å². The highest BCUT2D eigenvalue weighted by molar-refractivity contribution is 5.76. The zero-order valence-electron chi connectivity index (χ0n) is 15.6. The van der Waals surface area contributed by atoms with Gasteiger partial charge in [-0.3, -0.25) is 0 Å². The number of imidazole rings is 2. The lowest BCUT2D eigenvalue weighted by Crippen LogP contribution is -1.97. The van der Waals surface area contributed by atoms with Crippen LogP contribution < -0.4 is 0 Å². The van der Waals surface area contributed by atoms with E-state index in [1.807, 2.05) is 42.7 Å². The van der Waals surface area contributed by atoms with Gasteiger partial charge in [-0.05, 0) is 41.0 Å². The monoisotopic (exact) mass is 375 g/mol. The van der Waals surface area contributed by atoms with Gasteiger partial charge < -0.3 is 9.55 Å². The second-order valence-electron chi connectivity index (χ2n) is 6.87. The van der Waals surface area contributed by atoms with Crippen LogP contribution in [0.5, 0.6) is 0 Å². The summed E-state index contributed by atoms with van der Waals surface area (Å²) >= 11 is 0. The van der Waals surface area contributed by atoms with Gasteiger partial charge in [-0.25, -0.2) is 9.97 Å². The second-order valence-corrected chi connectivity index (χ2v) is 6.87. The molecule has 0 aliphatic rings. The smallest absolute Gasteiger partial charge is 0.138 e. The van der Waals surface area contributed by atoms with Crippen LogP contribution in [0.2, 0.25) is 0 Å². The number of nitriles is 1. The summed E-state index contributed by atoms with van der Waals surface area (Å²) in [7, 11) is 0. The maximum atomic E-state index is 9.41. The van der Waals surface area contributed by atoms with E-state index in [0.29, 0.717) is 11.4 Å². The Hall–Kier alpha value is -4.17. The summed E-state index contributed by atoms with van der Waals surface area (Å²) in [6.45, 7) is 0.770. The van der Waals surface area contributed by atoms with Gasteiger partial charge >= 0.3 is 0 Å². The minimum atomic E-state index is 0.604. The number of benzene rings is 3. The molecule has 0 saturated carbocycles. The van der Waals surface area contributed by atoms with E-state index in [1.165, 1.54) is 5.56 Å². The number of aromatic amines is 1. The van der Waals surface area contributed by atoms with Crippen LogP contribution in [0.3, 0.4) is 0 Å². The Morgan fingerprint density at radius 1 is 0.931 bits per heavy atom. The van der Waals surface area contributed by atoms with Crippen LogP contribution in [-0.2, 0) is 6.54 Å². The highest BCUT2D eigenvalue weighted by atomic mass is 15.0. The van der Waals surface area contributed by atoms with E-state index in [2.05, 4.69) is 55.9 Å². The Labute approximate surface area is 167 Å². The lowest BCUT2D eigenvalue weighted by Gasteiger charge is -2.09. The number of para-hydroxylation sites is 2. The van der Waals surface area contributed by atoms with Crippen LogP contribution in [0, 0.1) is 11.3 Å². The van der Waals surface area contributed by atoms with Gasteiger partial charge in [0.2, 0.25) is 0 Å². The highest BCUT2D eigenvalue weighted by Gasteiger charge is 2.10. The molecular formula is C24H17N5. The van der Waals surface area contributed by atoms with Gasteiger partial charge in [0.1, 0.15) is 5.82 Å². The number of hydrogen-bond donors (Lipinski definition) is 1. The first-order valence-electron chi connectivity index (χ1n) is 9.35. The molecule has 5 aromatic rings. The molecule has 0 fully saturated rings. The molecule has 0 saturated heterocycles. The van der Waals surface area contributed by atoms with Gasteiger partial charge in [-0.15, -0.1) is 0 Å². The SMILES string of the molecule is N#Cc1ccc(-c2ccc(Cn3cnc4ccccc43)cc2)cc1-c1ncc[nH]1. The molecule has 2 heterocycles. The van der Waals surface area contributed by atoms with Crippen molar-refractivity contribution in [1.29, 1.82) is 5.26 Å². The highest BCUT2D eigenvalue weighted by Crippen LogP contribution is 2.28. The Morgan fingerprint density at radius 2 is 1.76 bits per heavy atom. The molecule has 2 aromatic heterocycles. The third-order valence-corrected chi connectivity index (χ3v) is 5.06. The van der Waals surface area contributed by atoms with Crippen molar-refractivity contribution in [3.05, 3.63) is 96.6 Å². The van der Waals surface area contributed by atoms with Gasteiger partial charge in [0, 0.05) is 24.5 Å². The molecule has 5 nitrogen and oxygen atoms in total. The maximum absolute atomic E-state index is 9.41. The molecular weight excluding hydrogens is 358 g/mol. The number of nitrogens with one attached hydrogen (secondary N) is 1. The van der Waals surface area contributed by atoms with Crippen molar-refractivity contribution in [2.45, 2.75) is 6.54 Å². The summed E-state index contributed by atoms with van der Waals surface area (Å²) in [5.41, 5.74) is 6.91. The molecule has 0 spiro atoms. The molecule has 0 amide bonds. The number of H-pyrrole nitrogens is 1. The molecule has 29 heavy (non-hydrogen) atoms. The van der Waals surface area contributed by atoms with Crippen molar-refractivity contribution in [3.8, 4) is 28.6 Å².